The van der Waals surface area contributed by atoms with Gasteiger partial charge in [-0.05, 0) is 55.7 Å². The van der Waals surface area contributed by atoms with Crippen molar-refractivity contribution in [3.05, 3.63) is 58.6 Å². The Labute approximate surface area is 126 Å². The van der Waals surface area contributed by atoms with Crippen molar-refractivity contribution in [2.45, 2.75) is 26.3 Å². The number of hydrogen-bond donors (Lipinski definition) is 1. The van der Waals surface area contributed by atoms with Crippen LogP contribution in [0.4, 0.5) is 11.4 Å². The van der Waals surface area contributed by atoms with E-state index in [-0.39, 0.29) is 6.04 Å². The molecule has 106 valence electrons. The lowest BCUT2D eigenvalue weighted by Crippen LogP contribution is -2.20. The summed E-state index contributed by atoms with van der Waals surface area (Å²) < 4.78 is 0. The molecule has 0 saturated heterocycles. The van der Waals surface area contributed by atoms with E-state index in [0.29, 0.717) is 0 Å². The van der Waals surface area contributed by atoms with Crippen molar-refractivity contribution < 1.29 is 0 Å². The molecular weight excluding hydrogens is 268 g/mol. The first kappa shape index (κ1) is 14.9. The third kappa shape index (κ3) is 3.33. The van der Waals surface area contributed by atoms with Crippen molar-refractivity contribution in [2.75, 3.05) is 11.9 Å². The van der Waals surface area contributed by atoms with Gasteiger partial charge in [0.15, 0.2) is 0 Å². The Hall–Kier alpha value is -1.51. The van der Waals surface area contributed by atoms with E-state index in [4.69, 9.17) is 17.3 Å². The second kappa shape index (κ2) is 6.29. The van der Waals surface area contributed by atoms with E-state index in [1.54, 1.807) is 0 Å². The fraction of sp³-hybridized carbons (Fsp3) is 0.294. The molecule has 0 bridgehead atoms. The van der Waals surface area contributed by atoms with Gasteiger partial charge in [-0.25, -0.2) is 0 Å². The topological polar surface area (TPSA) is 29.3 Å². The molecular formula is C17H21ClN2. The number of nitrogens with zero attached hydrogens (tertiary/aromatic N) is 1. The molecule has 2 aromatic carbocycles. The summed E-state index contributed by atoms with van der Waals surface area (Å²) in [6.07, 6.45) is 0.769. The van der Waals surface area contributed by atoms with Gasteiger partial charge >= 0.3 is 0 Å². The molecule has 1 unspecified atom stereocenters. The van der Waals surface area contributed by atoms with Gasteiger partial charge in [-0.2, -0.15) is 0 Å². The molecule has 2 nitrogen and oxygen atoms in total. The predicted molar refractivity (Wildman–Crippen MR) is 88.0 cm³/mol. The quantitative estimate of drug-likeness (QED) is 0.908. The Morgan fingerprint density at radius 1 is 1.20 bits per heavy atom. The van der Waals surface area contributed by atoms with Gasteiger partial charge in [-0.15, -0.1) is 0 Å². The first-order valence-corrected chi connectivity index (χ1v) is 7.20. The van der Waals surface area contributed by atoms with Crippen LogP contribution in [0.3, 0.4) is 0 Å². The number of benzene rings is 2. The summed E-state index contributed by atoms with van der Waals surface area (Å²) in [6, 6.07) is 14.5. The molecule has 0 radical (unpaired) electrons. The van der Waals surface area contributed by atoms with Crippen LogP contribution >= 0.6 is 11.6 Å². The maximum absolute atomic E-state index is 6.35. The summed E-state index contributed by atoms with van der Waals surface area (Å²) in [5.41, 5.74) is 10.6. The standard InChI is InChI=1S/C17H21ClN2/c1-12-6-4-7-14(10-12)20(3)17-9-5-8-16(18)15(17)11-13(2)19/h4-10,13H,11,19H2,1-3H3. The van der Waals surface area contributed by atoms with E-state index in [2.05, 4.69) is 49.2 Å². The summed E-state index contributed by atoms with van der Waals surface area (Å²) >= 11 is 6.35. The molecule has 1 atom stereocenters. The number of hydrogen-bond acceptors (Lipinski definition) is 2. The van der Waals surface area contributed by atoms with Gasteiger partial charge < -0.3 is 10.6 Å². The van der Waals surface area contributed by atoms with E-state index < -0.39 is 0 Å². The summed E-state index contributed by atoms with van der Waals surface area (Å²) in [5.74, 6) is 0. The molecule has 0 fully saturated rings. The molecule has 0 aromatic heterocycles. The molecule has 0 aliphatic carbocycles. The molecule has 0 aliphatic rings. The highest BCUT2D eigenvalue weighted by molar-refractivity contribution is 6.31. The SMILES string of the molecule is Cc1cccc(N(C)c2cccc(Cl)c2CC(C)N)c1. The van der Waals surface area contributed by atoms with Crippen LogP contribution in [0, 0.1) is 6.92 Å². The van der Waals surface area contributed by atoms with Gasteiger partial charge in [0.05, 0.1) is 0 Å². The van der Waals surface area contributed by atoms with Crippen LogP contribution in [0.5, 0.6) is 0 Å². The maximum Gasteiger partial charge on any atom is 0.0459 e. The zero-order valence-corrected chi connectivity index (χ0v) is 13.0. The molecule has 0 amide bonds. The van der Waals surface area contributed by atoms with Crippen molar-refractivity contribution in [1.82, 2.24) is 0 Å². The molecule has 0 aliphatic heterocycles. The normalized spacial score (nSPS) is 12.2. The van der Waals surface area contributed by atoms with Gasteiger partial charge in [0.2, 0.25) is 0 Å². The summed E-state index contributed by atoms with van der Waals surface area (Å²) in [5, 5.41) is 0.777. The third-order valence-electron chi connectivity index (χ3n) is 3.37. The molecule has 3 heteroatoms. The van der Waals surface area contributed by atoms with Crippen LogP contribution in [0.2, 0.25) is 5.02 Å². The second-order valence-electron chi connectivity index (χ2n) is 5.32. The lowest BCUT2D eigenvalue weighted by atomic mass is 10.0. The summed E-state index contributed by atoms with van der Waals surface area (Å²) in [4.78, 5) is 2.16. The smallest absolute Gasteiger partial charge is 0.0459 e. The van der Waals surface area contributed by atoms with E-state index in [1.165, 1.54) is 5.56 Å². The first-order chi connectivity index (χ1) is 9.49. The first-order valence-electron chi connectivity index (χ1n) is 6.82. The Morgan fingerprint density at radius 2 is 1.90 bits per heavy atom. The second-order valence-corrected chi connectivity index (χ2v) is 5.72. The fourth-order valence-electron chi connectivity index (χ4n) is 2.36. The zero-order chi connectivity index (χ0) is 14.7. The molecule has 0 spiro atoms. The van der Waals surface area contributed by atoms with Crippen molar-refractivity contribution in [3.63, 3.8) is 0 Å². The minimum absolute atomic E-state index is 0.0829. The van der Waals surface area contributed by atoms with Gasteiger partial charge in [0, 0.05) is 29.5 Å². The monoisotopic (exact) mass is 288 g/mol. The van der Waals surface area contributed by atoms with E-state index in [0.717, 1.165) is 28.4 Å². The highest BCUT2D eigenvalue weighted by Gasteiger charge is 2.13. The molecule has 2 aromatic rings. The largest absolute Gasteiger partial charge is 0.344 e. The predicted octanol–water partition coefficient (Wildman–Crippen LogP) is 4.31. The molecule has 2 rings (SSSR count). The van der Waals surface area contributed by atoms with Crippen molar-refractivity contribution >= 4 is 23.0 Å². The average molecular weight is 289 g/mol. The zero-order valence-electron chi connectivity index (χ0n) is 12.2. The van der Waals surface area contributed by atoms with Crippen LogP contribution in [-0.2, 0) is 6.42 Å². The average Bonchev–Trinajstić information content (AvgIpc) is 2.40. The van der Waals surface area contributed by atoms with Gasteiger partial charge in [0.25, 0.3) is 0 Å². The van der Waals surface area contributed by atoms with Crippen LogP contribution in [0.25, 0.3) is 0 Å². The van der Waals surface area contributed by atoms with Crippen molar-refractivity contribution in [3.8, 4) is 0 Å². The Balaban J connectivity index is 2.44. The van der Waals surface area contributed by atoms with Gasteiger partial charge in [-0.1, -0.05) is 29.8 Å². The van der Waals surface area contributed by atoms with Crippen molar-refractivity contribution in [2.24, 2.45) is 5.73 Å². The molecule has 0 heterocycles. The van der Waals surface area contributed by atoms with E-state index >= 15 is 0 Å². The van der Waals surface area contributed by atoms with Gasteiger partial charge in [-0.3, -0.25) is 0 Å². The highest BCUT2D eigenvalue weighted by Crippen LogP contribution is 2.32. The summed E-state index contributed by atoms with van der Waals surface area (Å²) in [7, 11) is 2.06. The molecule has 0 saturated carbocycles. The number of anilines is 2. The highest BCUT2D eigenvalue weighted by atomic mass is 35.5. The Morgan fingerprint density at radius 3 is 2.55 bits per heavy atom. The van der Waals surface area contributed by atoms with Crippen LogP contribution in [0.15, 0.2) is 42.5 Å². The fourth-order valence-corrected chi connectivity index (χ4v) is 2.61. The number of nitrogens with two attached hydrogens (primary N) is 1. The van der Waals surface area contributed by atoms with Crippen LogP contribution < -0.4 is 10.6 Å². The lowest BCUT2D eigenvalue weighted by molar-refractivity contribution is 0.737. The van der Waals surface area contributed by atoms with Crippen LogP contribution in [0.1, 0.15) is 18.1 Å². The Bertz CT molecular complexity index is 593. The van der Waals surface area contributed by atoms with Crippen LogP contribution in [-0.4, -0.2) is 13.1 Å². The van der Waals surface area contributed by atoms with Gasteiger partial charge in [0.1, 0.15) is 0 Å². The minimum atomic E-state index is 0.0829. The Kier molecular flexibility index (Phi) is 4.69. The maximum atomic E-state index is 6.35. The minimum Gasteiger partial charge on any atom is -0.344 e. The number of rotatable bonds is 4. The van der Waals surface area contributed by atoms with E-state index in [1.807, 2.05) is 19.1 Å². The summed E-state index contributed by atoms with van der Waals surface area (Å²) in [6.45, 7) is 4.10. The number of halogens is 1. The van der Waals surface area contributed by atoms with Crippen molar-refractivity contribution in [1.29, 1.82) is 0 Å². The van der Waals surface area contributed by atoms with E-state index in [9.17, 15) is 0 Å². The molecule has 2 N–H and O–H groups in total. The molecule has 20 heavy (non-hydrogen) atoms. The third-order valence-corrected chi connectivity index (χ3v) is 3.72. The lowest BCUT2D eigenvalue weighted by Gasteiger charge is -2.24. The number of aryl methyl sites for hydroxylation is 1.